The van der Waals surface area contributed by atoms with Gasteiger partial charge >= 0.3 is 0 Å². The highest BCUT2D eigenvalue weighted by Gasteiger charge is 2.15. The Hall–Kier alpha value is -0.130. The second-order valence-electron chi connectivity index (χ2n) is 2.37. The molecule has 14 heavy (non-hydrogen) atoms. The maximum atomic E-state index is 12.1. The van der Waals surface area contributed by atoms with Crippen molar-refractivity contribution in [3.05, 3.63) is 15.9 Å². The molecule has 78 valence electrons. The fourth-order valence-corrected chi connectivity index (χ4v) is 1.83. The molecule has 0 radical (unpaired) electrons. The van der Waals surface area contributed by atoms with Gasteiger partial charge in [0.25, 0.3) is 0 Å². The number of alkyl halides is 2. The Morgan fingerprint density at radius 2 is 1.79 bits per heavy atom. The smallest absolute Gasteiger partial charge is 0.210 e. The van der Waals surface area contributed by atoms with E-state index in [0.29, 0.717) is 5.16 Å². The van der Waals surface area contributed by atoms with E-state index in [0.717, 1.165) is 0 Å². The number of halogens is 4. The predicted molar refractivity (Wildman–Crippen MR) is 53.5 cm³/mol. The quantitative estimate of drug-likeness (QED) is 0.473. The van der Waals surface area contributed by atoms with Gasteiger partial charge in [0.1, 0.15) is 10.3 Å². The van der Waals surface area contributed by atoms with E-state index in [2.05, 4.69) is 9.97 Å². The highest BCUT2D eigenvalue weighted by atomic mass is 35.5. The number of thioether (sulfide) groups is 1. The maximum Gasteiger partial charge on any atom is 0.242 e. The molecule has 0 N–H and O–H groups in total. The van der Waals surface area contributed by atoms with E-state index in [1.165, 1.54) is 11.8 Å². The highest BCUT2D eigenvalue weighted by Crippen LogP contribution is 2.26. The van der Waals surface area contributed by atoms with Gasteiger partial charge in [-0.2, -0.15) is 0 Å². The van der Waals surface area contributed by atoms with Crippen LogP contribution < -0.4 is 0 Å². The summed E-state index contributed by atoms with van der Waals surface area (Å²) in [5.41, 5.74) is 0.0983. The van der Waals surface area contributed by atoms with Crippen molar-refractivity contribution in [3.63, 3.8) is 0 Å². The van der Waals surface area contributed by atoms with E-state index >= 15 is 0 Å². The first-order valence-electron chi connectivity index (χ1n) is 3.58. The van der Waals surface area contributed by atoms with E-state index in [9.17, 15) is 8.78 Å². The van der Waals surface area contributed by atoms with Gasteiger partial charge in [-0.1, -0.05) is 35.0 Å². The van der Waals surface area contributed by atoms with Crippen molar-refractivity contribution >= 4 is 35.0 Å². The molecule has 7 heteroatoms. The summed E-state index contributed by atoms with van der Waals surface area (Å²) in [6, 6.07) is 0. The number of hydrogen-bond acceptors (Lipinski definition) is 3. The second-order valence-corrected chi connectivity index (χ2v) is 3.86. The molecule has 0 aliphatic heterocycles. The predicted octanol–water partition coefficient (Wildman–Crippen LogP) is 3.31. The van der Waals surface area contributed by atoms with Crippen molar-refractivity contribution in [2.24, 2.45) is 0 Å². The fraction of sp³-hybridized carbons (Fsp3) is 0.429. The van der Waals surface area contributed by atoms with Crippen molar-refractivity contribution in [1.82, 2.24) is 9.97 Å². The van der Waals surface area contributed by atoms with Crippen LogP contribution in [-0.4, -0.2) is 22.6 Å². The first-order chi connectivity index (χ1) is 6.54. The average molecular weight is 259 g/mol. The summed E-state index contributed by atoms with van der Waals surface area (Å²) in [6.45, 7) is 0. The van der Waals surface area contributed by atoms with Crippen molar-refractivity contribution in [1.29, 1.82) is 0 Å². The third-order valence-electron chi connectivity index (χ3n) is 1.43. The van der Waals surface area contributed by atoms with Crippen LogP contribution >= 0.6 is 35.0 Å². The van der Waals surface area contributed by atoms with Crippen LogP contribution in [0.1, 0.15) is 5.56 Å². The summed E-state index contributed by atoms with van der Waals surface area (Å²) in [5, 5.41) is 0.363. The zero-order valence-corrected chi connectivity index (χ0v) is 9.43. The number of rotatable bonds is 3. The zero-order chi connectivity index (χ0) is 10.7. The van der Waals surface area contributed by atoms with Crippen molar-refractivity contribution in [2.45, 2.75) is 18.0 Å². The molecule has 0 aromatic carbocycles. The molecule has 0 aliphatic rings. The minimum absolute atomic E-state index is 0.00495. The number of nitrogens with zero attached hydrogens (tertiary/aromatic N) is 2. The molecule has 0 fully saturated rings. The Bertz CT molecular complexity index is 312. The van der Waals surface area contributed by atoms with E-state index in [1.807, 2.05) is 0 Å². The van der Waals surface area contributed by atoms with Crippen LogP contribution in [0.4, 0.5) is 8.78 Å². The number of hydrogen-bond donors (Lipinski definition) is 0. The lowest BCUT2D eigenvalue weighted by Crippen LogP contribution is -2.02. The molecule has 0 bridgehead atoms. The van der Waals surface area contributed by atoms with Gasteiger partial charge < -0.3 is 0 Å². The molecule has 0 amide bonds. The fourth-order valence-electron chi connectivity index (χ4n) is 0.827. The summed E-state index contributed by atoms with van der Waals surface area (Å²) in [7, 11) is 0. The Labute approximate surface area is 94.0 Å². The SMILES string of the molecule is CSc1nc(Cl)c(CC(F)F)c(Cl)n1. The molecule has 1 aromatic heterocycles. The summed E-state index contributed by atoms with van der Waals surface area (Å²) in [5.74, 6) is 0. The van der Waals surface area contributed by atoms with E-state index in [4.69, 9.17) is 23.2 Å². The van der Waals surface area contributed by atoms with Crippen LogP contribution in [0.25, 0.3) is 0 Å². The second kappa shape index (κ2) is 5.09. The van der Waals surface area contributed by atoms with Crippen molar-refractivity contribution in [3.8, 4) is 0 Å². The first kappa shape index (κ1) is 11.9. The summed E-state index contributed by atoms with van der Waals surface area (Å²) < 4.78 is 24.2. The lowest BCUT2D eigenvalue weighted by atomic mass is 10.2. The van der Waals surface area contributed by atoms with Gasteiger partial charge in [-0.25, -0.2) is 18.7 Å². The summed E-state index contributed by atoms with van der Waals surface area (Å²) in [4.78, 5) is 7.61. The largest absolute Gasteiger partial charge is 0.242 e. The van der Waals surface area contributed by atoms with Crippen LogP contribution in [0, 0.1) is 0 Å². The maximum absolute atomic E-state index is 12.1. The molecule has 0 atom stereocenters. The molecular weight excluding hydrogens is 253 g/mol. The molecular formula is C7H6Cl2F2N2S. The molecule has 2 nitrogen and oxygen atoms in total. The Balaban J connectivity index is 3.05. The summed E-state index contributed by atoms with van der Waals surface area (Å²) in [6.07, 6.45) is -1.28. The highest BCUT2D eigenvalue weighted by molar-refractivity contribution is 7.98. The van der Waals surface area contributed by atoms with Gasteiger partial charge in [0, 0.05) is 12.0 Å². The average Bonchev–Trinajstić information content (AvgIpc) is 2.10. The number of aromatic nitrogens is 2. The van der Waals surface area contributed by atoms with Gasteiger partial charge in [0.05, 0.1) is 0 Å². The lowest BCUT2D eigenvalue weighted by Gasteiger charge is -2.05. The van der Waals surface area contributed by atoms with E-state index in [-0.39, 0.29) is 15.9 Å². The normalized spacial score (nSPS) is 11.0. The Kier molecular flexibility index (Phi) is 4.34. The van der Waals surface area contributed by atoms with Crippen LogP contribution in [0.2, 0.25) is 10.3 Å². The van der Waals surface area contributed by atoms with Gasteiger partial charge in [0.2, 0.25) is 6.43 Å². The van der Waals surface area contributed by atoms with Crippen molar-refractivity contribution < 1.29 is 8.78 Å². The molecule has 0 spiro atoms. The molecule has 0 aliphatic carbocycles. The van der Waals surface area contributed by atoms with Crippen LogP contribution in [-0.2, 0) is 6.42 Å². The zero-order valence-electron chi connectivity index (χ0n) is 7.10. The van der Waals surface area contributed by atoms with E-state index < -0.39 is 12.8 Å². The monoisotopic (exact) mass is 258 g/mol. The van der Waals surface area contributed by atoms with Crippen molar-refractivity contribution in [2.75, 3.05) is 6.26 Å². The van der Waals surface area contributed by atoms with Gasteiger partial charge in [-0.05, 0) is 6.26 Å². The van der Waals surface area contributed by atoms with Crippen LogP contribution in [0.5, 0.6) is 0 Å². The molecule has 0 saturated heterocycles. The molecule has 0 unspecified atom stereocenters. The van der Waals surface area contributed by atoms with E-state index in [1.54, 1.807) is 6.26 Å². The third kappa shape index (κ3) is 2.93. The minimum atomic E-state index is -2.51. The molecule has 1 heterocycles. The minimum Gasteiger partial charge on any atom is -0.210 e. The van der Waals surface area contributed by atoms with Gasteiger partial charge in [-0.15, -0.1) is 0 Å². The standard InChI is InChI=1S/C7H6Cl2F2N2S/c1-14-7-12-5(8)3(2-4(10)11)6(9)13-7/h4H,2H2,1H3. The first-order valence-corrected chi connectivity index (χ1v) is 5.56. The van der Waals surface area contributed by atoms with Crippen LogP contribution in [0.15, 0.2) is 5.16 Å². The lowest BCUT2D eigenvalue weighted by molar-refractivity contribution is 0.149. The van der Waals surface area contributed by atoms with Gasteiger partial charge in [0.15, 0.2) is 5.16 Å². The van der Waals surface area contributed by atoms with Crippen LogP contribution in [0.3, 0.4) is 0 Å². The van der Waals surface area contributed by atoms with Gasteiger partial charge in [-0.3, -0.25) is 0 Å². The third-order valence-corrected chi connectivity index (χ3v) is 2.60. The Morgan fingerprint density at radius 1 is 1.29 bits per heavy atom. The molecule has 0 saturated carbocycles. The topological polar surface area (TPSA) is 25.8 Å². The Morgan fingerprint density at radius 3 is 2.14 bits per heavy atom. The molecule has 1 aromatic rings. The molecule has 1 rings (SSSR count). The summed E-state index contributed by atoms with van der Waals surface area (Å²) >= 11 is 12.6.